The second-order valence-electron chi connectivity index (χ2n) is 6.28. The number of rotatable bonds is 8. The van der Waals surface area contributed by atoms with Crippen LogP contribution in [0.5, 0.6) is 0 Å². The van der Waals surface area contributed by atoms with Crippen molar-refractivity contribution in [1.29, 1.82) is 0 Å². The van der Waals surface area contributed by atoms with Crippen molar-refractivity contribution in [1.82, 2.24) is 0 Å². The predicted octanol–water partition coefficient (Wildman–Crippen LogP) is 3.74. The summed E-state index contributed by atoms with van der Waals surface area (Å²) in [6.45, 7) is 7.78. The van der Waals surface area contributed by atoms with Crippen molar-refractivity contribution < 1.29 is 13.5 Å². The van der Waals surface area contributed by atoms with Crippen LogP contribution in [0.2, 0.25) is 0 Å². The Kier molecular flexibility index (Phi) is 6.41. The van der Waals surface area contributed by atoms with Crippen LogP contribution in [0.3, 0.4) is 0 Å². The van der Waals surface area contributed by atoms with Crippen molar-refractivity contribution in [3.8, 4) is 0 Å². The van der Waals surface area contributed by atoms with Crippen LogP contribution in [0, 0.1) is 12.8 Å². The lowest BCUT2D eigenvalue weighted by Gasteiger charge is -2.30. The SMILES string of the molecule is CCCCC(C)C(C)(O)CCS(=O)(=O)c1ccc(C)cc1. The molecule has 0 radical (unpaired) electrons. The Morgan fingerprint density at radius 2 is 1.81 bits per heavy atom. The van der Waals surface area contributed by atoms with Gasteiger partial charge in [0.1, 0.15) is 0 Å². The third kappa shape index (κ3) is 5.44. The molecule has 0 aromatic heterocycles. The molecule has 1 rings (SSSR count). The summed E-state index contributed by atoms with van der Waals surface area (Å²) in [5.41, 5.74) is 0.0987. The topological polar surface area (TPSA) is 54.4 Å². The maximum atomic E-state index is 12.3. The third-order valence-corrected chi connectivity index (χ3v) is 6.04. The minimum atomic E-state index is -3.32. The van der Waals surface area contributed by atoms with Gasteiger partial charge in [-0.05, 0) is 44.7 Å². The molecule has 0 saturated heterocycles. The first-order valence-corrected chi connectivity index (χ1v) is 9.36. The molecule has 2 atom stereocenters. The molecule has 3 nitrogen and oxygen atoms in total. The zero-order valence-electron chi connectivity index (χ0n) is 13.6. The smallest absolute Gasteiger partial charge is 0.178 e. The summed E-state index contributed by atoms with van der Waals surface area (Å²) in [6.07, 6.45) is 3.34. The average molecular weight is 312 g/mol. The molecule has 0 amide bonds. The van der Waals surface area contributed by atoms with Gasteiger partial charge in [0.2, 0.25) is 0 Å². The van der Waals surface area contributed by atoms with Crippen molar-refractivity contribution in [2.75, 3.05) is 5.75 Å². The Balaban J connectivity index is 2.70. The van der Waals surface area contributed by atoms with Crippen molar-refractivity contribution in [3.05, 3.63) is 29.8 Å². The molecule has 120 valence electrons. The van der Waals surface area contributed by atoms with Gasteiger partial charge in [-0.2, -0.15) is 0 Å². The molecule has 0 fully saturated rings. The molecule has 0 spiro atoms. The highest BCUT2D eigenvalue weighted by molar-refractivity contribution is 7.91. The minimum Gasteiger partial charge on any atom is -0.390 e. The van der Waals surface area contributed by atoms with E-state index in [1.54, 1.807) is 31.2 Å². The van der Waals surface area contributed by atoms with E-state index in [1.807, 2.05) is 13.8 Å². The van der Waals surface area contributed by atoms with Crippen LogP contribution in [-0.4, -0.2) is 24.9 Å². The van der Waals surface area contributed by atoms with Crippen molar-refractivity contribution in [2.45, 2.75) is 63.9 Å². The van der Waals surface area contributed by atoms with Gasteiger partial charge in [-0.1, -0.05) is 44.4 Å². The fourth-order valence-electron chi connectivity index (χ4n) is 2.27. The van der Waals surface area contributed by atoms with Gasteiger partial charge in [0.05, 0.1) is 16.2 Å². The van der Waals surface area contributed by atoms with E-state index >= 15 is 0 Å². The van der Waals surface area contributed by atoms with Gasteiger partial charge in [0, 0.05) is 0 Å². The molecular weight excluding hydrogens is 284 g/mol. The van der Waals surface area contributed by atoms with Crippen LogP contribution in [0.1, 0.15) is 52.0 Å². The van der Waals surface area contributed by atoms with Crippen LogP contribution in [-0.2, 0) is 9.84 Å². The van der Waals surface area contributed by atoms with E-state index in [0.717, 1.165) is 24.8 Å². The molecule has 1 aromatic rings. The standard InChI is InChI=1S/C17H28O3S/c1-5-6-7-15(3)17(4,18)12-13-21(19,20)16-10-8-14(2)9-11-16/h8-11,15,18H,5-7,12-13H2,1-4H3. The fraction of sp³-hybridized carbons (Fsp3) is 0.647. The largest absolute Gasteiger partial charge is 0.390 e. The number of benzene rings is 1. The average Bonchev–Trinajstić information content (AvgIpc) is 2.43. The van der Waals surface area contributed by atoms with Gasteiger partial charge in [-0.15, -0.1) is 0 Å². The Bertz CT molecular complexity index is 530. The van der Waals surface area contributed by atoms with Crippen LogP contribution >= 0.6 is 0 Å². The Hall–Kier alpha value is -0.870. The lowest BCUT2D eigenvalue weighted by atomic mass is 9.85. The van der Waals surface area contributed by atoms with Gasteiger partial charge in [-0.25, -0.2) is 8.42 Å². The molecule has 1 N–H and O–H groups in total. The monoisotopic (exact) mass is 312 g/mol. The normalized spacial score (nSPS) is 16.4. The van der Waals surface area contributed by atoms with Gasteiger partial charge in [-0.3, -0.25) is 0 Å². The Labute approximate surface area is 129 Å². The van der Waals surface area contributed by atoms with E-state index in [-0.39, 0.29) is 18.1 Å². The highest BCUT2D eigenvalue weighted by atomic mass is 32.2. The van der Waals surface area contributed by atoms with Crippen LogP contribution in [0.15, 0.2) is 29.2 Å². The molecule has 0 saturated carbocycles. The molecule has 2 unspecified atom stereocenters. The minimum absolute atomic E-state index is 0.0144. The lowest BCUT2D eigenvalue weighted by molar-refractivity contribution is -0.000636. The van der Waals surface area contributed by atoms with Crippen LogP contribution in [0.25, 0.3) is 0 Å². The summed E-state index contributed by atoms with van der Waals surface area (Å²) in [5, 5.41) is 10.5. The van der Waals surface area contributed by atoms with Crippen LogP contribution in [0.4, 0.5) is 0 Å². The molecule has 0 aliphatic heterocycles. The number of hydrogen-bond donors (Lipinski definition) is 1. The summed E-state index contributed by atoms with van der Waals surface area (Å²) in [6, 6.07) is 6.88. The number of aliphatic hydroxyl groups is 1. The van der Waals surface area contributed by atoms with Crippen molar-refractivity contribution >= 4 is 9.84 Å². The molecule has 0 aliphatic carbocycles. The van der Waals surface area contributed by atoms with Gasteiger partial charge >= 0.3 is 0 Å². The number of sulfone groups is 1. The second kappa shape index (κ2) is 7.41. The van der Waals surface area contributed by atoms with E-state index in [0.29, 0.717) is 4.90 Å². The Morgan fingerprint density at radius 3 is 2.33 bits per heavy atom. The summed E-state index contributed by atoms with van der Waals surface area (Å²) < 4.78 is 24.6. The summed E-state index contributed by atoms with van der Waals surface area (Å²) in [7, 11) is -3.32. The van der Waals surface area contributed by atoms with Gasteiger partial charge in [0.25, 0.3) is 0 Å². The molecule has 4 heteroatoms. The Morgan fingerprint density at radius 1 is 1.24 bits per heavy atom. The highest BCUT2D eigenvalue weighted by Crippen LogP contribution is 2.27. The van der Waals surface area contributed by atoms with Crippen molar-refractivity contribution in [3.63, 3.8) is 0 Å². The van der Waals surface area contributed by atoms with E-state index in [9.17, 15) is 13.5 Å². The number of hydrogen-bond acceptors (Lipinski definition) is 3. The molecule has 0 bridgehead atoms. The number of aryl methyl sites for hydroxylation is 1. The van der Waals surface area contributed by atoms with E-state index < -0.39 is 15.4 Å². The highest BCUT2D eigenvalue weighted by Gasteiger charge is 2.30. The third-order valence-electron chi connectivity index (χ3n) is 4.31. The molecule has 1 aromatic carbocycles. The number of unbranched alkanes of at least 4 members (excludes halogenated alkanes) is 1. The second-order valence-corrected chi connectivity index (χ2v) is 8.39. The van der Waals surface area contributed by atoms with Crippen molar-refractivity contribution in [2.24, 2.45) is 5.92 Å². The fourth-order valence-corrected chi connectivity index (χ4v) is 3.74. The van der Waals surface area contributed by atoms with Gasteiger partial charge < -0.3 is 5.11 Å². The van der Waals surface area contributed by atoms with Gasteiger partial charge in [0.15, 0.2) is 9.84 Å². The first-order chi connectivity index (χ1) is 9.69. The summed E-state index contributed by atoms with van der Waals surface area (Å²) >= 11 is 0. The molecule has 0 aliphatic rings. The zero-order valence-corrected chi connectivity index (χ0v) is 14.4. The summed E-state index contributed by atoms with van der Waals surface area (Å²) in [4.78, 5) is 0.338. The quantitative estimate of drug-likeness (QED) is 0.795. The summed E-state index contributed by atoms with van der Waals surface area (Å²) in [5.74, 6) is 0.0881. The molecular formula is C17H28O3S. The maximum Gasteiger partial charge on any atom is 0.178 e. The maximum absolute atomic E-state index is 12.3. The molecule has 0 heterocycles. The first-order valence-electron chi connectivity index (χ1n) is 7.71. The zero-order chi connectivity index (χ0) is 16.1. The van der Waals surface area contributed by atoms with E-state index in [1.165, 1.54) is 0 Å². The molecule has 21 heavy (non-hydrogen) atoms. The first kappa shape index (κ1) is 18.2. The van der Waals surface area contributed by atoms with E-state index in [4.69, 9.17) is 0 Å². The lowest BCUT2D eigenvalue weighted by Crippen LogP contribution is -2.35. The van der Waals surface area contributed by atoms with Crippen LogP contribution < -0.4 is 0 Å². The predicted molar refractivity (Wildman–Crippen MR) is 87.2 cm³/mol. The van der Waals surface area contributed by atoms with E-state index in [2.05, 4.69) is 6.92 Å².